The smallest absolute Gasteiger partial charge is 0.322 e. The van der Waals surface area contributed by atoms with Gasteiger partial charge in [0.05, 0.1) is 32.0 Å². The number of carbonyl (C=O) groups excluding carboxylic acids is 1. The number of benzene rings is 2. The molecule has 0 aliphatic heterocycles. The molecule has 170 valence electrons. The molecule has 0 radical (unpaired) electrons. The lowest BCUT2D eigenvalue weighted by Crippen LogP contribution is -2.14. The van der Waals surface area contributed by atoms with Crippen LogP contribution in [0.5, 0.6) is 17.2 Å². The largest absolute Gasteiger partial charge is 0.493 e. The van der Waals surface area contributed by atoms with Gasteiger partial charge in [-0.15, -0.1) is 5.10 Å². The molecule has 1 amide bonds. The quantitative estimate of drug-likeness (QED) is 0.484. The molecule has 3 aromatic rings. The lowest BCUT2D eigenvalue weighted by Gasteiger charge is -2.12. The Hall–Kier alpha value is -3.60. The van der Waals surface area contributed by atoms with Crippen molar-refractivity contribution in [2.75, 3.05) is 32.4 Å². The summed E-state index contributed by atoms with van der Waals surface area (Å²) in [5.74, 6) is 0.776. The van der Waals surface area contributed by atoms with E-state index in [1.807, 2.05) is 0 Å². The van der Waals surface area contributed by atoms with E-state index in [-0.39, 0.29) is 35.4 Å². The van der Waals surface area contributed by atoms with Crippen LogP contribution in [0.1, 0.15) is 12.8 Å². The second kappa shape index (κ2) is 10.1. The van der Waals surface area contributed by atoms with E-state index in [0.29, 0.717) is 22.8 Å². The third-order valence-electron chi connectivity index (χ3n) is 4.50. The van der Waals surface area contributed by atoms with Gasteiger partial charge >= 0.3 is 6.01 Å². The van der Waals surface area contributed by atoms with Crippen LogP contribution in [-0.2, 0) is 14.6 Å². The predicted octanol–water partition coefficient (Wildman–Crippen LogP) is 2.96. The van der Waals surface area contributed by atoms with E-state index >= 15 is 0 Å². The summed E-state index contributed by atoms with van der Waals surface area (Å²) in [7, 11) is 1.02. The second-order valence-corrected chi connectivity index (χ2v) is 8.72. The van der Waals surface area contributed by atoms with Crippen molar-refractivity contribution in [1.29, 1.82) is 0 Å². The first-order chi connectivity index (χ1) is 15.4. The number of aromatic nitrogens is 2. The van der Waals surface area contributed by atoms with E-state index in [1.165, 1.54) is 33.5 Å². The van der Waals surface area contributed by atoms with Gasteiger partial charge in [0.25, 0.3) is 0 Å². The maximum Gasteiger partial charge on any atom is 0.322 e. The molecule has 1 aromatic heterocycles. The predicted molar refractivity (Wildman–Crippen MR) is 116 cm³/mol. The highest BCUT2D eigenvalue weighted by Crippen LogP contribution is 2.41. The molecular formula is C21H23N3O7S. The summed E-state index contributed by atoms with van der Waals surface area (Å²) in [5, 5.41) is 10.2. The average Bonchev–Trinajstić information content (AvgIpc) is 3.26. The minimum Gasteiger partial charge on any atom is -0.493 e. The summed E-state index contributed by atoms with van der Waals surface area (Å²) in [6.07, 6.45) is 0.130. The molecule has 0 atom stereocenters. The van der Waals surface area contributed by atoms with E-state index in [0.717, 1.165) is 0 Å². The summed E-state index contributed by atoms with van der Waals surface area (Å²) in [4.78, 5) is 12.4. The number of nitrogens with zero attached hydrogens (tertiary/aromatic N) is 2. The number of ether oxygens (including phenoxy) is 3. The van der Waals surface area contributed by atoms with Gasteiger partial charge in [-0.2, -0.15) is 0 Å². The van der Waals surface area contributed by atoms with Crippen LogP contribution in [0.2, 0.25) is 0 Å². The van der Waals surface area contributed by atoms with Gasteiger partial charge in [0, 0.05) is 12.0 Å². The van der Waals surface area contributed by atoms with Crippen molar-refractivity contribution in [3.63, 3.8) is 0 Å². The molecule has 0 aliphatic carbocycles. The fraction of sp³-hybridized carbons (Fsp3) is 0.286. The highest BCUT2D eigenvalue weighted by atomic mass is 32.2. The molecule has 3 rings (SSSR count). The molecule has 0 saturated heterocycles. The number of sulfone groups is 1. The van der Waals surface area contributed by atoms with E-state index in [9.17, 15) is 13.2 Å². The van der Waals surface area contributed by atoms with Crippen LogP contribution in [0, 0.1) is 0 Å². The van der Waals surface area contributed by atoms with Crippen LogP contribution in [0.25, 0.3) is 11.5 Å². The van der Waals surface area contributed by atoms with Crippen molar-refractivity contribution in [2.45, 2.75) is 17.7 Å². The fourth-order valence-corrected chi connectivity index (χ4v) is 4.28. The Bertz CT molecular complexity index is 1150. The lowest BCUT2D eigenvalue weighted by atomic mass is 10.2. The SMILES string of the molecule is COc1cc(-c2nnc(NC(=O)CCCS(=O)(=O)c3ccccc3)o2)cc(OC)c1OC. The van der Waals surface area contributed by atoms with E-state index in [1.54, 1.807) is 30.3 Å². The van der Waals surface area contributed by atoms with Gasteiger partial charge in [0.1, 0.15) is 0 Å². The number of rotatable bonds is 10. The zero-order valence-electron chi connectivity index (χ0n) is 17.8. The van der Waals surface area contributed by atoms with Gasteiger partial charge in [-0.05, 0) is 30.7 Å². The third-order valence-corrected chi connectivity index (χ3v) is 6.32. The molecule has 0 unspecified atom stereocenters. The van der Waals surface area contributed by atoms with Gasteiger partial charge < -0.3 is 18.6 Å². The first kappa shape index (κ1) is 23.1. The van der Waals surface area contributed by atoms with Crippen molar-refractivity contribution in [1.82, 2.24) is 10.2 Å². The van der Waals surface area contributed by atoms with E-state index < -0.39 is 15.7 Å². The lowest BCUT2D eigenvalue weighted by molar-refractivity contribution is -0.116. The van der Waals surface area contributed by atoms with Crippen LogP contribution in [0.4, 0.5) is 6.01 Å². The second-order valence-electron chi connectivity index (χ2n) is 6.61. The molecule has 1 heterocycles. The Kier molecular flexibility index (Phi) is 7.31. The molecule has 32 heavy (non-hydrogen) atoms. The third kappa shape index (κ3) is 5.35. The van der Waals surface area contributed by atoms with Gasteiger partial charge in [0.2, 0.25) is 17.5 Å². The fourth-order valence-electron chi connectivity index (χ4n) is 2.95. The summed E-state index contributed by atoms with van der Waals surface area (Å²) in [6.45, 7) is 0. The molecule has 11 heteroatoms. The van der Waals surface area contributed by atoms with Gasteiger partial charge in [-0.1, -0.05) is 23.3 Å². The number of nitrogens with one attached hydrogen (secondary N) is 1. The van der Waals surface area contributed by atoms with Crippen molar-refractivity contribution in [3.05, 3.63) is 42.5 Å². The summed E-state index contributed by atoms with van der Waals surface area (Å²) in [5.41, 5.74) is 0.501. The standard InChI is InChI=1S/C21H23N3O7S/c1-28-16-12-14(13-17(29-2)19(16)30-3)20-23-24-21(31-20)22-18(25)10-7-11-32(26,27)15-8-5-4-6-9-15/h4-6,8-9,12-13H,7,10-11H2,1-3H3,(H,22,24,25). The minimum absolute atomic E-state index is 0.0199. The van der Waals surface area contributed by atoms with Crippen molar-refractivity contribution >= 4 is 21.8 Å². The summed E-state index contributed by atoms with van der Waals surface area (Å²) < 4.78 is 46.0. The number of carbonyl (C=O) groups is 1. The molecule has 0 aliphatic rings. The molecule has 0 fully saturated rings. The molecule has 0 saturated carbocycles. The van der Waals surface area contributed by atoms with Crippen LogP contribution < -0.4 is 19.5 Å². The number of hydrogen-bond donors (Lipinski definition) is 1. The van der Waals surface area contributed by atoms with Crippen molar-refractivity contribution in [3.8, 4) is 28.7 Å². The monoisotopic (exact) mass is 461 g/mol. The Morgan fingerprint density at radius 1 is 1.00 bits per heavy atom. The molecule has 2 aromatic carbocycles. The molecule has 0 bridgehead atoms. The van der Waals surface area contributed by atoms with Crippen LogP contribution in [0.3, 0.4) is 0 Å². The number of anilines is 1. The van der Waals surface area contributed by atoms with Crippen molar-refractivity contribution < 1.29 is 31.8 Å². The number of hydrogen-bond acceptors (Lipinski definition) is 9. The Balaban J connectivity index is 1.62. The summed E-state index contributed by atoms with van der Waals surface area (Å²) >= 11 is 0. The Labute approximate surface area is 185 Å². The van der Waals surface area contributed by atoms with Crippen LogP contribution >= 0.6 is 0 Å². The maximum absolute atomic E-state index is 12.3. The topological polar surface area (TPSA) is 130 Å². The first-order valence-corrected chi connectivity index (χ1v) is 11.2. The minimum atomic E-state index is -3.45. The van der Waals surface area contributed by atoms with Gasteiger partial charge in [0.15, 0.2) is 21.3 Å². The highest BCUT2D eigenvalue weighted by molar-refractivity contribution is 7.91. The van der Waals surface area contributed by atoms with E-state index in [4.69, 9.17) is 18.6 Å². The van der Waals surface area contributed by atoms with Gasteiger partial charge in [-0.25, -0.2) is 8.42 Å². The zero-order chi connectivity index (χ0) is 23.1. The van der Waals surface area contributed by atoms with E-state index in [2.05, 4.69) is 15.5 Å². The number of methoxy groups -OCH3 is 3. The molecule has 1 N–H and O–H groups in total. The Morgan fingerprint density at radius 3 is 2.25 bits per heavy atom. The number of amides is 1. The maximum atomic E-state index is 12.3. The highest BCUT2D eigenvalue weighted by Gasteiger charge is 2.19. The first-order valence-electron chi connectivity index (χ1n) is 9.59. The average molecular weight is 461 g/mol. The van der Waals surface area contributed by atoms with Crippen LogP contribution in [0.15, 0.2) is 51.8 Å². The van der Waals surface area contributed by atoms with Gasteiger partial charge in [-0.3, -0.25) is 10.1 Å². The van der Waals surface area contributed by atoms with Crippen LogP contribution in [-0.4, -0.2) is 51.6 Å². The normalized spacial score (nSPS) is 11.1. The zero-order valence-corrected chi connectivity index (χ0v) is 18.6. The molecule has 10 nitrogen and oxygen atoms in total. The Morgan fingerprint density at radius 2 is 1.66 bits per heavy atom. The summed E-state index contributed by atoms with van der Waals surface area (Å²) in [6, 6.07) is 11.3. The molecular weight excluding hydrogens is 438 g/mol. The van der Waals surface area contributed by atoms with Crippen molar-refractivity contribution in [2.24, 2.45) is 0 Å². The molecule has 0 spiro atoms.